The van der Waals surface area contributed by atoms with Crippen molar-refractivity contribution in [2.45, 2.75) is 32.6 Å². The molecule has 139 valence electrons. The van der Waals surface area contributed by atoms with Crippen LogP contribution in [0.3, 0.4) is 0 Å². The molecule has 6 nitrogen and oxygen atoms in total. The first kappa shape index (κ1) is 24.7. The summed E-state index contributed by atoms with van der Waals surface area (Å²) in [6.07, 6.45) is 0.996. The van der Waals surface area contributed by atoms with Crippen molar-refractivity contribution < 1.29 is 19.4 Å². The van der Waals surface area contributed by atoms with Crippen molar-refractivity contribution in [2.24, 2.45) is 0 Å². The van der Waals surface area contributed by atoms with E-state index in [2.05, 4.69) is 25.0 Å². The van der Waals surface area contributed by atoms with Gasteiger partial charge in [-0.1, -0.05) is 25.7 Å². The van der Waals surface area contributed by atoms with Crippen molar-refractivity contribution in [3.05, 3.63) is 29.3 Å². The summed E-state index contributed by atoms with van der Waals surface area (Å²) in [4.78, 5) is 25.0. The number of carbonyl (C=O) groups excluding carboxylic acids is 1. The molecule has 1 aromatic rings. The van der Waals surface area contributed by atoms with Crippen LogP contribution >= 0.6 is 0 Å². The van der Waals surface area contributed by atoms with Gasteiger partial charge in [0.15, 0.2) is 0 Å². The molecule has 0 heterocycles. The Bertz CT molecular complexity index is 670. The zero-order valence-electron chi connectivity index (χ0n) is 16.8. The second-order valence-corrected chi connectivity index (χ2v) is 13.0. The quantitative estimate of drug-likeness (QED) is 0.550. The maximum absolute atomic E-state index is 12.1. The summed E-state index contributed by atoms with van der Waals surface area (Å²) in [5, 5.41) is 11.8. The number of ether oxygens (including phenoxy) is 1. The molecule has 0 fully saturated rings. The third kappa shape index (κ3) is 8.89. The topological polar surface area (TPSA) is 78.9 Å². The summed E-state index contributed by atoms with van der Waals surface area (Å²) >= 11 is 0. The number of benzene rings is 1. The largest absolute Gasteiger partial charge is 0.478 e. The number of carbonyl (C=O) groups is 2. The summed E-state index contributed by atoms with van der Waals surface area (Å²) in [5.41, 5.74) is 2.22. The van der Waals surface area contributed by atoms with Gasteiger partial charge in [0.2, 0.25) is 0 Å². The second kappa shape index (κ2) is 10.8. The number of hydrogen-bond donors (Lipinski definition) is 2. The molecule has 1 amide bonds. The second-order valence-electron chi connectivity index (χ2n) is 7.37. The first-order chi connectivity index (χ1) is 11.5. The van der Waals surface area contributed by atoms with Gasteiger partial charge in [0.05, 0.1) is 12.3 Å². The molecule has 1 aromatic carbocycles. The van der Waals surface area contributed by atoms with Gasteiger partial charge in [0.1, 0.15) is 0 Å². The predicted octanol–water partition coefficient (Wildman–Crippen LogP) is 3.75. The molecule has 1 radical (unpaired) electrons. The Balaban J connectivity index is 0.00000625. The number of amides is 1. The van der Waals surface area contributed by atoms with Gasteiger partial charge in [0.25, 0.3) is 0 Å². The van der Waals surface area contributed by atoms with Crippen LogP contribution in [0.5, 0.6) is 0 Å². The van der Waals surface area contributed by atoms with E-state index in [9.17, 15) is 9.59 Å². The number of carboxylic acid groups (broad SMARTS) is 1. The van der Waals surface area contributed by atoms with Crippen LogP contribution in [0.25, 0.3) is 6.08 Å². The van der Waals surface area contributed by atoms with Crippen LogP contribution in [0.2, 0.25) is 25.7 Å². The van der Waals surface area contributed by atoms with Crippen LogP contribution in [0.15, 0.2) is 23.8 Å². The molecule has 0 saturated carbocycles. The molecule has 1 rings (SSSR count). The average molecular weight is 388 g/mol. The Kier molecular flexibility index (Phi) is 10.2. The molecule has 0 bridgehead atoms. The van der Waals surface area contributed by atoms with Gasteiger partial charge >= 0.3 is 12.1 Å². The van der Waals surface area contributed by atoms with Crippen molar-refractivity contribution in [3.8, 4) is 0 Å². The zero-order valence-corrected chi connectivity index (χ0v) is 19.8. The van der Waals surface area contributed by atoms with Gasteiger partial charge in [-0.05, 0) is 36.7 Å². The van der Waals surface area contributed by atoms with Crippen molar-refractivity contribution >= 4 is 67.1 Å². The SMILES string of the molecule is CC(=Cc1ccc(N(C)C)cc1NC(=O)OCC[Si](C)(C)C)C(=O)O.[Na]. The van der Waals surface area contributed by atoms with Gasteiger partial charge in [-0.25, -0.2) is 9.59 Å². The van der Waals surface area contributed by atoms with Gasteiger partial charge in [-0.2, -0.15) is 0 Å². The molecule has 0 atom stereocenters. The van der Waals surface area contributed by atoms with Crippen LogP contribution in [0.4, 0.5) is 16.2 Å². The fourth-order valence-corrected chi connectivity index (χ4v) is 2.66. The van der Waals surface area contributed by atoms with E-state index in [1.54, 1.807) is 12.1 Å². The van der Waals surface area contributed by atoms with Gasteiger partial charge in [-0.15, -0.1) is 0 Å². The molecule has 8 heteroatoms. The number of rotatable bonds is 7. The molecule has 0 aliphatic carbocycles. The maximum Gasteiger partial charge on any atom is 0.411 e. The van der Waals surface area contributed by atoms with E-state index in [1.807, 2.05) is 25.1 Å². The Hall–Kier alpha value is -1.28. The fourth-order valence-electron chi connectivity index (χ4n) is 1.95. The van der Waals surface area contributed by atoms with Gasteiger partial charge in [0, 0.05) is 63.0 Å². The third-order valence-corrected chi connectivity index (χ3v) is 5.29. The maximum atomic E-state index is 12.1. The number of nitrogens with zero attached hydrogens (tertiary/aromatic N) is 1. The molecular formula is C18H28N2NaO4Si. The minimum absolute atomic E-state index is 0. The number of hydrogen-bond acceptors (Lipinski definition) is 4. The van der Waals surface area contributed by atoms with Crippen LogP contribution in [0, 0.1) is 0 Å². The predicted molar refractivity (Wildman–Crippen MR) is 111 cm³/mol. The Labute approximate surface area is 178 Å². The first-order valence-corrected chi connectivity index (χ1v) is 11.9. The number of anilines is 2. The fraction of sp³-hybridized carbons (Fsp3) is 0.444. The summed E-state index contributed by atoms with van der Waals surface area (Å²) in [5.74, 6) is -1.000. The first-order valence-electron chi connectivity index (χ1n) is 8.16. The van der Waals surface area contributed by atoms with Crippen LogP contribution in [-0.4, -0.2) is 75.5 Å². The molecule has 26 heavy (non-hydrogen) atoms. The minimum Gasteiger partial charge on any atom is -0.478 e. The molecule has 0 spiro atoms. The van der Waals surface area contributed by atoms with Gasteiger partial charge in [-0.3, -0.25) is 5.32 Å². The standard InChI is InChI=1S/C18H28N2O4Si.Na/c1-13(17(21)22)11-14-7-8-15(20(2)3)12-16(14)19-18(23)24-9-10-25(4,5)6;/h7-8,11-12H,9-10H2,1-6H3,(H,19,23)(H,21,22);. The minimum atomic E-state index is -1.27. The Morgan fingerprint density at radius 3 is 2.38 bits per heavy atom. The van der Waals surface area contributed by atoms with E-state index in [0.29, 0.717) is 17.9 Å². The van der Waals surface area contributed by atoms with Crippen LogP contribution in [-0.2, 0) is 9.53 Å². The average Bonchev–Trinajstić information content (AvgIpc) is 2.47. The van der Waals surface area contributed by atoms with E-state index in [-0.39, 0.29) is 35.1 Å². The van der Waals surface area contributed by atoms with Crippen molar-refractivity contribution in [2.75, 3.05) is 30.9 Å². The Morgan fingerprint density at radius 2 is 1.88 bits per heavy atom. The summed E-state index contributed by atoms with van der Waals surface area (Å²) < 4.78 is 5.26. The number of nitrogens with one attached hydrogen (secondary N) is 1. The van der Waals surface area contributed by atoms with Crippen LogP contribution < -0.4 is 10.2 Å². The van der Waals surface area contributed by atoms with Crippen molar-refractivity contribution in [3.63, 3.8) is 0 Å². The number of carboxylic acids is 1. The Morgan fingerprint density at radius 1 is 1.27 bits per heavy atom. The zero-order chi connectivity index (χ0) is 19.2. The van der Waals surface area contributed by atoms with E-state index in [1.165, 1.54) is 13.0 Å². The molecule has 0 aliphatic rings. The molecular weight excluding hydrogens is 359 g/mol. The van der Waals surface area contributed by atoms with E-state index in [4.69, 9.17) is 9.84 Å². The normalized spacial score (nSPS) is 11.4. The van der Waals surface area contributed by atoms with Gasteiger partial charge < -0.3 is 14.7 Å². The monoisotopic (exact) mass is 387 g/mol. The number of aliphatic carboxylic acids is 1. The van der Waals surface area contributed by atoms with E-state index >= 15 is 0 Å². The molecule has 0 unspecified atom stereocenters. The molecule has 0 saturated heterocycles. The summed E-state index contributed by atoms with van der Waals surface area (Å²) in [7, 11) is 2.51. The van der Waals surface area contributed by atoms with Crippen molar-refractivity contribution in [1.82, 2.24) is 0 Å². The summed E-state index contributed by atoms with van der Waals surface area (Å²) in [6.45, 7) is 8.54. The molecule has 2 N–H and O–H groups in total. The third-order valence-electron chi connectivity index (χ3n) is 3.58. The smallest absolute Gasteiger partial charge is 0.411 e. The molecule has 0 aromatic heterocycles. The summed E-state index contributed by atoms with van der Waals surface area (Å²) in [6, 6.07) is 6.33. The van der Waals surface area contributed by atoms with Crippen LogP contribution in [0.1, 0.15) is 12.5 Å². The van der Waals surface area contributed by atoms with Crippen molar-refractivity contribution in [1.29, 1.82) is 0 Å². The molecule has 0 aliphatic heterocycles. The van der Waals surface area contributed by atoms with E-state index < -0.39 is 20.1 Å². The van der Waals surface area contributed by atoms with E-state index in [0.717, 1.165) is 11.7 Å².